The number of hydrogen-bond acceptors (Lipinski definition) is 4. The molecule has 4 aromatic rings. The molecule has 1 heterocycles. The first-order valence-electron chi connectivity index (χ1n) is 10.5. The van der Waals surface area contributed by atoms with Gasteiger partial charge in [0.2, 0.25) is 0 Å². The van der Waals surface area contributed by atoms with Gasteiger partial charge in [-0.3, -0.25) is 9.48 Å². The van der Waals surface area contributed by atoms with E-state index in [1.54, 1.807) is 11.7 Å². The molecule has 1 atom stereocenters. The summed E-state index contributed by atoms with van der Waals surface area (Å²) in [6, 6.07) is 21.6. The second kappa shape index (κ2) is 9.88. The lowest BCUT2D eigenvalue weighted by atomic mass is 9.95. The lowest BCUT2D eigenvalue weighted by Crippen LogP contribution is -2.13. The number of halogens is 1. The molecule has 1 unspecified atom stereocenters. The van der Waals surface area contributed by atoms with Crippen LogP contribution in [-0.2, 0) is 18.4 Å². The van der Waals surface area contributed by atoms with Gasteiger partial charge in [-0.05, 0) is 59.0 Å². The summed E-state index contributed by atoms with van der Waals surface area (Å²) in [5, 5.41) is 14.2. The molecule has 0 amide bonds. The number of aliphatic carboxylic acids is 1. The SMILES string of the molecule is Cc1c(Cl)cccc1-c1cccc(COc2ccc(C(CC(=O)O)c3ncnn3C)cc2)c1. The highest BCUT2D eigenvalue weighted by molar-refractivity contribution is 6.31. The van der Waals surface area contributed by atoms with Crippen molar-refractivity contribution in [3.63, 3.8) is 0 Å². The van der Waals surface area contributed by atoms with Crippen molar-refractivity contribution in [3.8, 4) is 16.9 Å². The molecule has 0 bridgehead atoms. The number of rotatable bonds is 8. The maximum atomic E-state index is 11.4. The Labute approximate surface area is 197 Å². The number of benzene rings is 3. The molecule has 0 saturated heterocycles. The van der Waals surface area contributed by atoms with Gasteiger partial charge >= 0.3 is 5.97 Å². The van der Waals surface area contributed by atoms with Gasteiger partial charge in [0.25, 0.3) is 0 Å². The number of carboxylic acids is 1. The Morgan fingerprint density at radius 3 is 2.58 bits per heavy atom. The zero-order valence-electron chi connectivity index (χ0n) is 18.4. The van der Waals surface area contributed by atoms with E-state index in [9.17, 15) is 9.90 Å². The summed E-state index contributed by atoms with van der Waals surface area (Å²) in [6.45, 7) is 2.43. The first-order valence-corrected chi connectivity index (χ1v) is 10.9. The quantitative estimate of drug-likeness (QED) is 0.368. The lowest BCUT2D eigenvalue weighted by molar-refractivity contribution is -0.137. The fraction of sp³-hybridized carbons (Fsp3) is 0.192. The minimum atomic E-state index is -0.891. The highest BCUT2D eigenvalue weighted by atomic mass is 35.5. The average molecular weight is 462 g/mol. The van der Waals surface area contributed by atoms with Gasteiger partial charge in [0.1, 0.15) is 24.5 Å². The Kier molecular flexibility index (Phi) is 6.75. The fourth-order valence-electron chi connectivity index (χ4n) is 3.87. The minimum absolute atomic E-state index is 0.0670. The van der Waals surface area contributed by atoms with Gasteiger partial charge in [-0.1, -0.05) is 54.1 Å². The van der Waals surface area contributed by atoms with E-state index in [1.807, 2.05) is 55.5 Å². The maximum absolute atomic E-state index is 11.4. The number of nitrogens with zero attached hydrogens (tertiary/aromatic N) is 3. The number of ether oxygens (including phenoxy) is 1. The third-order valence-corrected chi connectivity index (χ3v) is 6.04. The number of aryl methyl sites for hydroxylation is 1. The molecule has 3 aromatic carbocycles. The highest BCUT2D eigenvalue weighted by Crippen LogP contribution is 2.30. The van der Waals surface area contributed by atoms with Crippen LogP contribution in [0.3, 0.4) is 0 Å². The molecule has 6 nitrogen and oxygen atoms in total. The summed E-state index contributed by atoms with van der Waals surface area (Å²) in [6.07, 6.45) is 1.36. The van der Waals surface area contributed by atoms with Crippen LogP contribution < -0.4 is 4.74 Å². The molecule has 0 radical (unpaired) electrons. The van der Waals surface area contributed by atoms with E-state index in [-0.39, 0.29) is 12.3 Å². The number of hydrogen-bond donors (Lipinski definition) is 1. The molecule has 33 heavy (non-hydrogen) atoms. The van der Waals surface area contributed by atoms with Gasteiger partial charge in [-0.2, -0.15) is 5.10 Å². The first-order chi connectivity index (χ1) is 15.9. The monoisotopic (exact) mass is 461 g/mol. The standard InChI is InChI=1S/C26H24ClN3O3/c1-17-22(7-4-8-24(17)27)20-6-3-5-18(13-20)15-33-21-11-9-19(10-12-21)23(14-25(31)32)26-28-16-29-30(26)2/h3-13,16,23H,14-15H2,1-2H3,(H,31,32). The molecule has 0 fully saturated rings. The molecule has 7 heteroatoms. The molecule has 0 aliphatic rings. The number of carbonyl (C=O) groups is 1. The summed E-state index contributed by atoms with van der Waals surface area (Å²) in [4.78, 5) is 15.6. The molecule has 0 spiro atoms. The Hall–Kier alpha value is -3.64. The third kappa shape index (κ3) is 5.23. The van der Waals surface area contributed by atoms with E-state index < -0.39 is 5.97 Å². The Morgan fingerprint density at radius 2 is 1.88 bits per heavy atom. The van der Waals surface area contributed by atoms with Crippen molar-refractivity contribution in [3.05, 3.63) is 101 Å². The van der Waals surface area contributed by atoms with Gasteiger partial charge in [-0.15, -0.1) is 0 Å². The summed E-state index contributed by atoms with van der Waals surface area (Å²) in [5.41, 5.74) is 5.12. The van der Waals surface area contributed by atoms with Crippen LogP contribution in [0.2, 0.25) is 5.02 Å². The predicted molar refractivity (Wildman–Crippen MR) is 127 cm³/mol. The van der Waals surface area contributed by atoms with Crippen molar-refractivity contribution in [2.45, 2.75) is 25.9 Å². The number of aromatic nitrogens is 3. The van der Waals surface area contributed by atoms with Crippen LogP contribution in [0, 0.1) is 6.92 Å². The zero-order chi connectivity index (χ0) is 23.4. The second-order valence-corrected chi connectivity index (χ2v) is 8.27. The van der Waals surface area contributed by atoms with Crippen molar-refractivity contribution < 1.29 is 14.6 Å². The topological polar surface area (TPSA) is 77.2 Å². The zero-order valence-corrected chi connectivity index (χ0v) is 19.2. The molecule has 1 aromatic heterocycles. The second-order valence-electron chi connectivity index (χ2n) is 7.86. The Balaban J connectivity index is 1.48. The van der Waals surface area contributed by atoms with Crippen molar-refractivity contribution in [1.29, 1.82) is 0 Å². The van der Waals surface area contributed by atoms with Crippen LogP contribution in [0.4, 0.5) is 0 Å². The van der Waals surface area contributed by atoms with E-state index in [1.165, 1.54) is 6.33 Å². The van der Waals surface area contributed by atoms with Gasteiger partial charge < -0.3 is 9.84 Å². The summed E-state index contributed by atoms with van der Waals surface area (Å²) in [7, 11) is 1.76. The smallest absolute Gasteiger partial charge is 0.304 e. The third-order valence-electron chi connectivity index (χ3n) is 5.63. The highest BCUT2D eigenvalue weighted by Gasteiger charge is 2.22. The molecule has 0 saturated carbocycles. The van der Waals surface area contributed by atoms with Crippen LogP contribution >= 0.6 is 11.6 Å². The van der Waals surface area contributed by atoms with Crippen molar-refractivity contribution in [2.75, 3.05) is 0 Å². The van der Waals surface area contributed by atoms with E-state index in [2.05, 4.69) is 28.3 Å². The maximum Gasteiger partial charge on any atom is 0.304 e. The van der Waals surface area contributed by atoms with E-state index in [0.717, 1.165) is 32.8 Å². The summed E-state index contributed by atoms with van der Waals surface area (Å²) >= 11 is 6.28. The molecular formula is C26H24ClN3O3. The Bertz CT molecular complexity index is 1270. The van der Waals surface area contributed by atoms with Gasteiger partial charge in [0.15, 0.2) is 0 Å². The van der Waals surface area contributed by atoms with Crippen LogP contribution in [0.25, 0.3) is 11.1 Å². The van der Waals surface area contributed by atoms with E-state index >= 15 is 0 Å². The minimum Gasteiger partial charge on any atom is -0.489 e. The van der Waals surface area contributed by atoms with E-state index in [4.69, 9.17) is 16.3 Å². The molecular weight excluding hydrogens is 438 g/mol. The predicted octanol–water partition coefficient (Wildman–Crippen LogP) is 5.63. The summed E-state index contributed by atoms with van der Waals surface area (Å²) < 4.78 is 7.60. The van der Waals surface area contributed by atoms with Gasteiger partial charge in [0, 0.05) is 12.1 Å². The fourth-order valence-corrected chi connectivity index (χ4v) is 4.04. The van der Waals surface area contributed by atoms with Crippen LogP contribution in [0.5, 0.6) is 5.75 Å². The largest absolute Gasteiger partial charge is 0.489 e. The van der Waals surface area contributed by atoms with Crippen LogP contribution in [0.15, 0.2) is 73.1 Å². The molecule has 168 valence electrons. The summed E-state index contributed by atoms with van der Waals surface area (Å²) in [5.74, 6) is 0.0362. The van der Waals surface area contributed by atoms with Crippen LogP contribution in [-0.4, -0.2) is 25.8 Å². The Morgan fingerprint density at radius 1 is 1.12 bits per heavy atom. The van der Waals surface area contributed by atoms with E-state index in [0.29, 0.717) is 18.2 Å². The molecule has 0 aliphatic heterocycles. The number of carboxylic acid groups (broad SMARTS) is 1. The average Bonchev–Trinajstić information content (AvgIpc) is 3.24. The van der Waals surface area contributed by atoms with Gasteiger partial charge in [0.05, 0.1) is 12.3 Å². The molecule has 0 aliphatic carbocycles. The van der Waals surface area contributed by atoms with Crippen molar-refractivity contribution >= 4 is 17.6 Å². The van der Waals surface area contributed by atoms with Crippen LogP contribution in [0.1, 0.15) is 34.9 Å². The molecule has 1 N–H and O–H groups in total. The lowest BCUT2D eigenvalue weighted by Gasteiger charge is -2.15. The van der Waals surface area contributed by atoms with Crippen molar-refractivity contribution in [1.82, 2.24) is 14.8 Å². The molecule has 4 rings (SSSR count). The van der Waals surface area contributed by atoms with Crippen molar-refractivity contribution in [2.24, 2.45) is 7.05 Å². The normalized spacial score (nSPS) is 11.8. The first kappa shape index (κ1) is 22.6. The van der Waals surface area contributed by atoms with Gasteiger partial charge in [-0.25, -0.2) is 4.98 Å².